The van der Waals surface area contributed by atoms with Crippen molar-refractivity contribution in [3.05, 3.63) is 48.8 Å². The molecule has 1 aromatic carbocycles. The Morgan fingerprint density at radius 2 is 2.11 bits per heavy atom. The molecule has 5 heteroatoms. The first kappa shape index (κ1) is 11.5. The number of nitrogens with two attached hydrogens (primary N) is 1. The van der Waals surface area contributed by atoms with E-state index in [0.717, 1.165) is 28.0 Å². The van der Waals surface area contributed by atoms with Crippen LogP contribution < -0.4 is 11.1 Å². The van der Waals surface area contributed by atoms with Crippen LogP contribution in [-0.4, -0.2) is 14.5 Å². The lowest BCUT2D eigenvalue weighted by Crippen LogP contribution is -2.06. The van der Waals surface area contributed by atoms with Crippen molar-refractivity contribution < 1.29 is 0 Å². The molecule has 5 nitrogen and oxygen atoms in total. The van der Waals surface area contributed by atoms with Gasteiger partial charge in [0.2, 0.25) is 0 Å². The average Bonchev–Trinajstić information content (AvgIpc) is 2.84. The van der Waals surface area contributed by atoms with E-state index in [2.05, 4.69) is 15.3 Å². The Hall–Kier alpha value is -2.56. The molecule has 0 aliphatic carbocycles. The minimum atomic E-state index is 0.664. The number of hydrogen-bond acceptors (Lipinski definition) is 4. The third-order valence-corrected chi connectivity index (χ3v) is 3.21. The summed E-state index contributed by atoms with van der Waals surface area (Å²) in [6.45, 7) is 0.664. The van der Waals surface area contributed by atoms with Crippen molar-refractivity contribution in [2.75, 3.05) is 11.1 Å². The average molecular weight is 253 g/mol. The first-order chi connectivity index (χ1) is 9.25. The lowest BCUT2D eigenvalue weighted by Gasteiger charge is -2.11. The summed E-state index contributed by atoms with van der Waals surface area (Å²) in [5, 5.41) is 5.42. The number of hydrogen-bond donors (Lipinski definition) is 2. The van der Waals surface area contributed by atoms with Crippen molar-refractivity contribution in [3.8, 4) is 0 Å². The molecule has 0 unspecified atom stereocenters. The first-order valence-electron chi connectivity index (χ1n) is 6.08. The summed E-state index contributed by atoms with van der Waals surface area (Å²) in [4.78, 5) is 8.45. The maximum absolute atomic E-state index is 5.97. The Morgan fingerprint density at radius 1 is 1.21 bits per heavy atom. The fourth-order valence-corrected chi connectivity index (χ4v) is 2.11. The Bertz CT molecular complexity index is 717. The molecule has 0 saturated heterocycles. The molecule has 0 amide bonds. The van der Waals surface area contributed by atoms with Gasteiger partial charge in [0.05, 0.1) is 6.54 Å². The zero-order valence-electron chi connectivity index (χ0n) is 10.7. The van der Waals surface area contributed by atoms with Crippen LogP contribution in [0.3, 0.4) is 0 Å². The molecular formula is C14H15N5. The fourth-order valence-electron chi connectivity index (χ4n) is 2.11. The van der Waals surface area contributed by atoms with Gasteiger partial charge >= 0.3 is 0 Å². The van der Waals surface area contributed by atoms with E-state index in [4.69, 9.17) is 5.73 Å². The van der Waals surface area contributed by atoms with E-state index < -0.39 is 0 Å². The van der Waals surface area contributed by atoms with Crippen molar-refractivity contribution in [1.82, 2.24) is 14.5 Å². The molecule has 0 spiro atoms. The summed E-state index contributed by atoms with van der Waals surface area (Å²) in [7, 11) is 1.98. The Labute approximate surface area is 111 Å². The molecule has 2 heterocycles. The van der Waals surface area contributed by atoms with Crippen LogP contribution in [0.5, 0.6) is 0 Å². The summed E-state index contributed by atoms with van der Waals surface area (Å²) in [6.07, 6.45) is 7.30. The van der Waals surface area contributed by atoms with Crippen molar-refractivity contribution in [3.63, 3.8) is 0 Å². The number of aryl methyl sites for hydroxylation is 1. The highest BCUT2D eigenvalue weighted by molar-refractivity contribution is 6.00. The predicted octanol–water partition coefficient (Wildman–Crippen LogP) is 2.16. The predicted molar refractivity (Wildman–Crippen MR) is 76.7 cm³/mol. The number of benzene rings is 1. The zero-order valence-corrected chi connectivity index (χ0v) is 10.7. The van der Waals surface area contributed by atoms with Gasteiger partial charge in [0.1, 0.15) is 5.82 Å². The van der Waals surface area contributed by atoms with Crippen LogP contribution in [0.1, 0.15) is 5.82 Å². The maximum atomic E-state index is 5.97. The van der Waals surface area contributed by atoms with Gasteiger partial charge in [-0.3, -0.25) is 4.98 Å². The summed E-state index contributed by atoms with van der Waals surface area (Å²) >= 11 is 0. The van der Waals surface area contributed by atoms with E-state index in [0.29, 0.717) is 6.54 Å². The summed E-state index contributed by atoms with van der Waals surface area (Å²) in [5.74, 6) is 0.980. The molecule has 0 bridgehead atoms. The number of aromatic nitrogens is 3. The molecule has 3 aromatic rings. The minimum absolute atomic E-state index is 0.664. The molecule has 3 rings (SSSR count). The van der Waals surface area contributed by atoms with E-state index in [1.54, 1.807) is 12.4 Å². The molecule has 0 saturated carbocycles. The molecule has 19 heavy (non-hydrogen) atoms. The Balaban J connectivity index is 1.93. The number of nitrogens with one attached hydrogen (secondary N) is 1. The highest BCUT2D eigenvalue weighted by atomic mass is 15.1. The molecule has 0 radical (unpaired) electrons. The number of imidazole rings is 1. The highest BCUT2D eigenvalue weighted by Gasteiger charge is 2.05. The third kappa shape index (κ3) is 2.10. The lowest BCUT2D eigenvalue weighted by atomic mass is 10.1. The van der Waals surface area contributed by atoms with Gasteiger partial charge in [0, 0.05) is 54.0 Å². The standard InChI is InChI=1S/C14H15N5/c1-19-7-6-17-14(19)9-18-13-3-2-12(15)10-4-5-16-8-11(10)13/h2-8,18H,9,15H2,1H3. The van der Waals surface area contributed by atoms with Crippen LogP contribution in [-0.2, 0) is 13.6 Å². The highest BCUT2D eigenvalue weighted by Crippen LogP contribution is 2.27. The summed E-state index contributed by atoms with van der Waals surface area (Å²) in [6, 6.07) is 5.81. The molecule has 0 aliphatic heterocycles. The molecule has 0 fully saturated rings. The van der Waals surface area contributed by atoms with Crippen LogP contribution in [0.25, 0.3) is 10.8 Å². The molecule has 0 atom stereocenters. The lowest BCUT2D eigenvalue weighted by molar-refractivity contribution is 0.813. The number of nitrogen functional groups attached to an aromatic ring is 1. The number of anilines is 2. The zero-order chi connectivity index (χ0) is 13.2. The van der Waals surface area contributed by atoms with Crippen molar-refractivity contribution in [2.45, 2.75) is 6.54 Å². The number of nitrogens with zero attached hydrogens (tertiary/aromatic N) is 3. The number of rotatable bonds is 3. The molecule has 0 aliphatic rings. The van der Waals surface area contributed by atoms with Gasteiger partial charge in [0.25, 0.3) is 0 Å². The van der Waals surface area contributed by atoms with Gasteiger partial charge in [-0.05, 0) is 18.2 Å². The quantitative estimate of drug-likeness (QED) is 0.702. The largest absolute Gasteiger partial charge is 0.398 e. The van der Waals surface area contributed by atoms with Crippen molar-refractivity contribution in [2.24, 2.45) is 7.05 Å². The number of fused-ring (bicyclic) bond motifs is 1. The second-order valence-electron chi connectivity index (χ2n) is 4.43. The second kappa shape index (κ2) is 4.61. The molecule has 2 aromatic heterocycles. The minimum Gasteiger partial charge on any atom is -0.398 e. The van der Waals surface area contributed by atoms with Gasteiger partial charge in [0.15, 0.2) is 0 Å². The smallest absolute Gasteiger partial charge is 0.127 e. The van der Waals surface area contributed by atoms with E-state index >= 15 is 0 Å². The topological polar surface area (TPSA) is 68.8 Å². The van der Waals surface area contributed by atoms with Crippen molar-refractivity contribution in [1.29, 1.82) is 0 Å². The van der Waals surface area contributed by atoms with Gasteiger partial charge in [-0.1, -0.05) is 0 Å². The summed E-state index contributed by atoms with van der Waals surface area (Å²) < 4.78 is 1.99. The molecular weight excluding hydrogens is 238 g/mol. The summed E-state index contributed by atoms with van der Waals surface area (Å²) in [5.41, 5.74) is 7.75. The van der Waals surface area contributed by atoms with Gasteiger partial charge in [-0.25, -0.2) is 4.98 Å². The van der Waals surface area contributed by atoms with Gasteiger partial charge in [-0.15, -0.1) is 0 Å². The van der Waals surface area contributed by atoms with Crippen LogP contribution in [0, 0.1) is 0 Å². The van der Waals surface area contributed by atoms with Crippen LogP contribution in [0.2, 0.25) is 0 Å². The molecule has 3 N–H and O–H groups in total. The Morgan fingerprint density at radius 3 is 2.89 bits per heavy atom. The maximum Gasteiger partial charge on any atom is 0.127 e. The third-order valence-electron chi connectivity index (χ3n) is 3.21. The van der Waals surface area contributed by atoms with Gasteiger partial charge in [-0.2, -0.15) is 0 Å². The monoisotopic (exact) mass is 253 g/mol. The Kier molecular flexibility index (Phi) is 2.79. The fraction of sp³-hybridized carbons (Fsp3) is 0.143. The SMILES string of the molecule is Cn1ccnc1CNc1ccc(N)c2ccncc12. The van der Waals surface area contributed by atoms with Crippen molar-refractivity contribution >= 4 is 22.1 Å². The molecule has 96 valence electrons. The van der Waals surface area contributed by atoms with Crippen LogP contribution in [0.15, 0.2) is 43.0 Å². The van der Waals surface area contributed by atoms with Gasteiger partial charge < -0.3 is 15.6 Å². The number of pyridine rings is 1. The van der Waals surface area contributed by atoms with E-state index in [-0.39, 0.29) is 0 Å². The van der Waals surface area contributed by atoms with E-state index in [1.165, 1.54) is 0 Å². The van der Waals surface area contributed by atoms with Crippen LogP contribution in [0.4, 0.5) is 11.4 Å². The van der Waals surface area contributed by atoms with E-state index in [9.17, 15) is 0 Å². The normalized spacial score (nSPS) is 10.8. The van der Waals surface area contributed by atoms with Crippen LogP contribution >= 0.6 is 0 Å². The van der Waals surface area contributed by atoms with E-state index in [1.807, 2.05) is 42.2 Å². The second-order valence-corrected chi connectivity index (χ2v) is 4.43. The first-order valence-corrected chi connectivity index (χ1v) is 6.08.